The first-order valence-electron chi connectivity index (χ1n) is 7.13. The van der Waals surface area contributed by atoms with Crippen LogP contribution in [0, 0.1) is 0 Å². The molecular weight excluding hydrogens is 350 g/mol. The van der Waals surface area contributed by atoms with Gasteiger partial charge in [-0.05, 0) is 42.2 Å². The zero-order valence-corrected chi connectivity index (χ0v) is 14.2. The lowest BCUT2D eigenvalue weighted by Crippen LogP contribution is -2.28. The fourth-order valence-electron chi connectivity index (χ4n) is 2.07. The van der Waals surface area contributed by atoms with Crippen molar-refractivity contribution in [3.63, 3.8) is 0 Å². The average Bonchev–Trinajstić information content (AvgIpc) is 3.02. The summed E-state index contributed by atoms with van der Waals surface area (Å²) in [6, 6.07) is 11.2. The van der Waals surface area contributed by atoms with E-state index >= 15 is 0 Å². The van der Waals surface area contributed by atoms with E-state index < -0.39 is 18.2 Å². The topological polar surface area (TPSA) is 88.6 Å². The van der Waals surface area contributed by atoms with Crippen LogP contribution in [-0.2, 0) is 14.2 Å². The molecule has 1 saturated heterocycles. The van der Waals surface area contributed by atoms with Gasteiger partial charge in [0.05, 0.1) is 6.61 Å². The monoisotopic (exact) mass is 365 g/mol. The van der Waals surface area contributed by atoms with E-state index in [1.165, 1.54) is 28.6 Å². The van der Waals surface area contributed by atoms with Crippen molar-refractivity contribution in [2.75, 3.05) is 18.9 Å². The predicted molar refractivity (Wildman–Crippen MR) is 93.6 cm³/mol. The molecule has 2 N–H and O–H groups in total. The van der Waals surface area contributed by atoms with Crippen molar-refractivity contribution in [3.8, 4) is 0 Å². The van der Waals surface area contributed by atoms with Crippen LogP contribution in [0.2, 0.25) is 0 Å². The number of rotatable bonds is 4. The Morgan fingerprint density at radius 2 is 2.21 bits per heavy atom. The SMILES string of the molecule is Nc1ccn([C@@H]2CO[C@H](COC(=S)Sc3ccccc3)O2)c(=O)n1. The highest BCUT2D eigenvalue weighted by molar-refractivity contribution is 8.22. The summed E-state index contributed by atoms with van der Waals surface area (Å²) in [4.78, 5) is 16.4. The fourth-order valence-corrected chi connectivity index (χ4v) is 3.04. The predicted octanol–water partition coefficient (Wildman–Crippen LogP) is 1.79. The third-order valence-electron chi connectivity index (χ3n) is 3.18. The van der Waals surface area contributed by atoms with E-state index in [4.69, 9.17) is 32.2 Å². The molecule has 0 saturated carbocycles. The van der Waals surface area contributed by atoms with Gasteiger partial charge in [-0.3, -0.25) is 4.57 Å². The van der Waals surface area contributed by atoms with Crippen LogP contribution >= 0.6 is 24.0 Å². The molecule has 2 heterocycles. The normalized spacial score (nSPS) is 20.0. The lowest BCUT2D eigenvalue weighted by molar-refractivity contribution is -0.0950. The molecule has 24 heavy (non-hydrogen) atoms. The molecule has 0 aliphatic carbocycles. The van der Waals surface area contributed by atoms with Crippen molar-refractivity contribution in [2.45, 2.75) is 17.4 Å². The molecule has 1 aliphatic rings. The number of nitrogens with zero attached hydrogens (tertiary/aromatic N) is 2. The van der Waals surface area contributed by atoms with Crippen molar-refractivity contribution in [3.05, 3.63) is 53.1 Å². The lowest BCUT2D eigenvalue weighted by atomic mass is 10.4. The smallest absolute Gasteiger partial charge is 0.351 e. The van der Waals surface area contributed by atoms with E-state index in [9.17, 15) is 4.79 Å². The molecule has 2 aromatic rings. The van der Waals surface area contributed by atoms with Gasteiger partial charge in [-0.15, -0.1) is 0 Å². The first-order chi connectivity index (χ1) is 11.6. The zero-order chi connectivity index (χ0) is 16.9. The maximum atomic E-state index is 11.8. The molecule has 0 bridgehead atoms. The molecule has 0 amide bonds. The number of benzene rings is 1. The first-order valence-corrected chi connectivity index (χ1v) is 8.35. The highest BCUT2D eigenvalue weighted by atomic mass is 32.2. The van der Waals surface area contributed by atoms with Crippen LogP contribution in [0.5, 0.6) is 0 Å². The Kier molecular flexibility index (Phi) is 5.46. The van der Waals surface area contributed by atoms with Gasteiger partial charge in [-0.1, -0.05) is 18.2 Å². The molecule has 0 spiro atoms. The molecule has 1 aromatic carbocycles. The van der Waals surface area contributed by atoms with Crippen LogP contribution in [0.1, 0.15) is 6.23 Å². The number of thiocarbonyl (C=S) groups is 1. The summed E-state index contributed by atoms with van der Waals surface area (Å²) in [7, 11) is 0. The van der Waals surface area contributed by atoms with Gasteiger partial charge in [-0.25, -0.2) is 4.79 Å². The number of ether oxygens (including phenoxy) is 3. The van der Waals surface area contributed by atoms with Crippen LogP contribution in [0.4, 0.5) is 5.82 Å². The van der Waals surface area contributed by atoms with Crippen LogP contribution in [-0.4, -0.2) is 33.4 Å². The van der Waals surface area contributed by atoms with Crippen LogP contribution in [0.15, 0.2) is 52.3 Å². The first kappa shape index (κ1) is 16.9. The average molecular weight is 365 g/mol. The summed E-state index contributed by atoms with van der Waals surface area (Å²) in [6.07, 6.45) is 0.362. The number of aromatic nitrogens is 2. The second kappa shape index (κ2) is 7.75. The molecular formula is C15H15N3O4S2. The summed E-state index contributed by atoms with van der Waals surface area (Å²) >= 11 is 6.53. The molecule has 0 unspecified atom stereocenters. The summed E-state index contributed by atoms with van der Waals surface area (Å²) in [5.41, 5.74) is 4.98. The summed E-state index contributed by atoms with van der Waals surface area (Å²) in [6.45, 7) is 0.366. The molecule has 1 aliphatic heterocycles. The minimum absolute atomic E-state index is 0.145. The van der Waals surface area contributed by atoms with E-state index in [0.717, 1.165) is 4.90 Å². The van der Waals surface area contributed by atoms with Gasteiger partial charge in [0.2, 0.25) is 4.38 Å². The maximum absolute atomic E-state index is 11.8. The Hall–Kier alpha value is -1.94. The van der Waals surface area contributed by atoms with Crippen molar-refractivity contribution in [1.29, 1.82) is 0 Å². The van der Waals surface area contributed by atoms with Gasteiger partial charge in [0, 0.05) is 11.1 Å². The van der Waals surface area contributed by atoms with E-state index in [0.29, 0.717) is 4.38 Å². The van der Waals surface area contributed by atoms with E-state index in [1.54, 1.807) is 0 Å². The van der Waals surface area contributed by atoms with Crippen molar-refractivity contribution < 1.29 is 14.2 Å². The molecule has 1 aromatic heterocycles. The van der Waals surface area contributed by atoms with Crippen molar-refractivity contribution in [1.82, 2.24) is 9.55 Å². The van der Waals surface area contributed by atoms with Gasteiger partial charge in [0.25, 0.3) is 0 Å². The van der Waals surface area contributed by atoms with Crippen LogP contribution < -0.4 is 11.4 Å². The van der Waals surface area contributed by atoms with Crippen LogP contribution in [0.25, 0.3) is 0 Å². The Morgan fingerprint density at radius 1 is 1.42 bits per heavy atom. The highest BCUT2D eigenvalue weighted by Crippen LogP contribution is 2.23. The number of nitrogens with two attached hydrogens (primary N) is 1. The van der Waals surface area contributed by atoms with Crippen molar-refractivity contribution >= 4 is 34.2 Å². The molecule has 2 atom stereocenters. The molecule has 3 rings (SSSR count). The minimum atomic E-state index is -0.603. The minimum Gasteiger partial charge on any atom is -0.473 e. The largest absolute Gasteiger partial charge is 0.473 e. The van der Waals surface area contributed by atoms with Crippen molar-refractivity contribution in [2.24, 2.45) is 0 Å². The molecule has 1 fully saturated rings. The lowest BCUT2D eigenvalue weighted by Gasteiger charge is -2.14. The Morgan fingerprint density at radius 3 is 2.96 bits per heavy atom. The molecule has 7 nitrogen and oxygen atoms in total. The number of nitrogen functional groups attached to an aromatic ring is 1. The fraction of sp³-hybridized carbons (Fsp3) is 0.267. The molecule has 9 heteroatoms. The van der Waals surface area contributed by atoms with E-state index in [1.807, 2.05) is 30.3 Å². The zero-order valence-electron chi connectivity index (χ0n) is 12.5. The third-order valence-corrected chi connectivity index (χ3v) is 4.34. The molecule has 126 valence electrons. The highest BCUT2D eigenvalue weighted by Gasteiger charge is 2.29. The Balaban J connectivity index is 1.49. The maximum Gasteiger partial charge on any atom is 0.351 e. The molecule has 0 radical (unpaired) electrons. The summed E-state index contributed by atoms with van der Waals surface area (Å²) in [5, 5.41) is 0. The van der Waals surface area contributed by atoms with Gasteiger partial charge >= 0.3 is 5.69 Å². The van der Waals surface area contributed by atoms with Gasteiger partial charge in [0.1, 0.15) is 12.4 Å². The van der Waals surface area contributed by atoms with Crippen LogP contribution in [0.3, 0.4) is 0 Å². The number of hydrogen-bond acceptors (Lipinski definition) is 8. The van der Waals surface area contributed by atoms with E-state index in [-0.39, 0.29) is 19.0 Å². The summed E-state index contributed by atoms with van der Waals surface area (Å²) < 4.78 is 18.3. The Labute approximate surface area is 147 Å². The standard InChI is InChI=1S/C15H15N3O4S2/c16-11-6-7-18(14(19)17-11)12-8-20-13(22-12)9-21-15(23)24-10-4-2-1-3-5-10/h1-7,12-13H,8-9H2,(H2,16,17,19)/t12-,13-/m0/s1. The second-order valence-corrected chi connectivity index (χ2v) is 6.55. The summed E-state index contributed by atoms with van der Waals surface area (Å²) in [5.74, 6) is 0.165. The quantitative estimate of drug-likeness (QED) is 0.648. The van der Waals surface area contributed by atoms with Gasteiger partial charge in [0.15, 0.2) is 12.5 Å². The number of thioether (sulfide) groups is 1. The number of hydrogen-bond donors (Lipinski definition) is 1. The third kappa shape index (κ3) is 4.32. The Bertz CT molecular complexity index is 769. The van der Waals surface area contributed by atoms with Gasteiger partial charge in [-0.2, -0.15) is 4.98 Å². The second-order valence-electron chi connectivity index (χ2n) is 4.87. The van der Waals surface area contributed by atoms with Gasteiger partial charge < -0.3 is 19.9 Å². The van der Waals surface area contributed by atoms with E-state index in [2.05, 4.69) is 4.98 Å². The number of anilines is 1.